The van der Waals surface area contributed by atoms with Crippen molar-refractivity contribution in [3.05, 3.63) is 35.5 Å². The molecule has 0 amide bonds. The van der Waals surface area contributed by atoms with E-state index in [-0.39, 0.29) is 0 Å². The molecule has 1 heterocycles. The normalized spacial score (nSPS) is 10.2. The van der Waals surface area contributed by atoms with Crippen molar-refractivity contribution in [1.29, 1.82) is 5.26 Å². The Kier molecular flexibility index (Phi) is 1.60. The molecule has 0 aliphatic heterocycles. The fourth-order valence-electron chi connectivity index (χ4n) is 1.58. The molecule has 0 bridgehead atoms. The van der Waals surface area contributed by atoms with E-state index >= 15 is 0 Å². The first-order valence-electron chi connectivity index (χ1n) is 4.18. The summed E-state index contributed by atoms with van der Waals surface area (Å²) in [5, 5.41) is 9.89. The van der Waals surface area contributed by atoms with E-state index in [1.807, 2.05) is 29.9 Å². The molecule has 1 aromatic heterocycles. The number of fused-ring (bicyclic) bond motifs is 1. The number of nitriles is 1. The molecule has 0 unspecified atom stereocenters. The zero-order chi connectivity index (χ0) is 9.42. The van der Waals surface area contributed by atoms with Crippen molar-refractivity contribution in [3.8, 4) is 6.07 Å². The van der Waals surface area contributed by atoms with Gasteiger partial charge in [-0.2, -0.15) is 5.26 Å². The summed E-state index contributed by atoms with van der Waals surface area (Å²) in [6, 6.07) is 8.32. The second-order valence-electron chi connectivity index (χ2n) is 3.29. The van der Waals surface area contributed by atoms with E-state index in [2.05, 4.69) is 19.1 Å². The molecule has 0 saturated carbocycles. The van der Waals surface area contributed by atoms with E-state index < -0.39 is 0 Å². The molecule has 0 saturated heterocycles. The number of aromatic nitrogens is 1. The molecule has 0 aliphatic carbocycles. The van der Waals surface area contributed by atoms with E-state index in [0.29, 0.717) is 0 Å². The number of hydrogen-bond donors (Lipinski definition) is 0. The van der Waals surface area contributed by atoms with Gasteiger partial charge >= 0.3 is 0 Å². The monoisotopic (exact) mass is 170 g/mol. The minimum absolute atomic E-state index is 0.748. The van der Waals surface area contributed by atoms with Crippen LogP contribution in [0.1, 0.15) is 11.1 Å². The first-order chi connectivity index (χ1) is 6.22. The smallest absolute Gasteiger partial charge is 0.101 e. The first-order valence-corrected chi connectivity index (χ1v) is 4.18. The highest BCUT2D eigenvalue weighted by Gasteiger charge is 2.04. The minimum Gasteiger partial charge on any atom is -0.349 e. The SMILES string of the molecule is Cc1ccc2c(C#N)cn(C)c2c1. The lowest BCUT2D eigenvalue weighted by molar-refractivity contribution is 0.966. The number of hydrogen-bond acceptors (Lipinski definition) is 1. The molecule has 1 aromatic carbocycles. The van der Waals surface area contributed by atoms with Crippen LogP contribution in [0.15, 0.2) is 24.4 Å². The molecule has 2 rings (SSSR count). The summed E-state index contributed by atoms with van der Waals surface area (Å²) in [5.41, 5.74) is 3.09. The molecule has 13 heavy (non-hydrogen) atoms. The third-order valence-electron chi connectivity index (χ3n) is 2.27. The van der Waals surface area contributed by atoms with E-state index in [0.717, 1.165) is 16.5 Å². The van der Waals surface area contributed by atoms with Crippen molar-refractivity contribution in [3.63, 3.8) is 0 Å². The Balaban J connectivity index is 2.90. The molecule has 2 nitrogen and oxygen atoms in total. The summed E-state index contributed by atoms with van der Waals surface area (Å²) in [6.07, 6.45) is 1.87. The molecular formula is C11H10N2. The van der Waals surface area contributed by atoms with Gasteiger partial charge in [-0.25, -0.2) is 0 Å². The summed E-state index contributed by atoms with van der Waals surface area (Å²) >= 11 is 0. The Morgan fingerprint density at radius 3 is 2.85 bits per heavy atom. The van der Waals surface area contributed by atoms with Crippen molar-refractivity contribution < 1.29 is 0 Å². The predicted molar refractivity (Wildman–Crippen MR) is 52.4 cm³/mol. The fourth-order valence-corrected chi connectivity index (χ4v) is 1.58. The van der Waals surface area contributed by atoms with Crippen molar-refractivity contribution in [2.24, 2.45) is 7.05 Å². The molecule has 64 valence electrons. The molecule has 0 N–H and O–H groups in total. The standard InChI is InChI=1S/C11H10N2/c1-8-3-4-10-9(6-12)7-13(2)11(10)5-8/h3-5,7H,1-2H3. The van der Waals surface area contributed by atoms with Crippen molar-refractivity contribution in [2.45, 2.75) is 6.92 Å². The quantitative estimate of drug-likeness (QED) is 0.596. The van der Waals surface area contributed by atoms with Crippen molar-refractivity contribution in [1.82, 2.24) is 4.57 Å². The highest BCUT2D eigenvalue weighted by Crippen LogP contribution is 2.20. The molecule has 0 radical (unpaired) electrons. The van der Waals surface area contributed by atoms with Gasteiger partial charge in [-0.05, 0) is 18.6 Å². The van der Waals surface area contributed by atoms with Gasteiger partial charge in [-0.3, -0.25) is 0 Å². The molecule has 0 aliphatic rings. The largest absolute Gasteiger partial charge is 0.349 e. The van der Waals surface area contributed by atoms with E-state index in [1.54, 1.807) is 0 Å². The van der Waals surface area contributed by atoms with Crippen LogP contribution in [0.5, 0.6) is 0 Å². The van der Waals surface area contributed by atoms with Crippen LogP contribution in [-0.2, 0) is 7.05 Å². The van der Waals surface area contributed by atoms with Crippen molar-refractivity contribution in [2.75, 3.05) is 0 Å². The summed E-state index contributed by atoms with van der Waals surface area (Å²) < 4.78 is 1.99. The van der Waals surface area contributed by atoms with Gasteiger partial charge < -0.3 is 4.57 Å². The lowest BCUT2D eigenvalue weighted by Crippen LogP contribution is -1.83. The van der Waals surface area contributed by atoms with Crippen LogP contribution in [0, 0.1) is 18.3 Å². The summed E-state index contributed by atoms with van der Waals surface area (Å²) in [7, 11) is 1.96. The van der Waals surface area contributed by atoms with Crippen LogP contribution in [-0.4, -0.2) is 4.57 Å². The minimum atomic E-state index is 0.748. The van der Waals surface area contributed by atoms with Crippen LogP contribution in [0.25, 0.3) is 10.9 Å². The van der Waals surface area contributed by atoms with Crippen LogP contribution in [0.4, 0.5) is 0 Å². The van der Waals surface area contributed by atoms with Gasteiger partial charge in [0.1, 0.15) is 6.07 Å². The fraction of sp³-hybridized carbons (Fsp3) is 0.182. The molecular weight excluding hydrogens is 160 g/mol. The van der Waals surface area contributed by atoms with Gasteiger partial charge in [0.25, 0.3) is 0 Å². The molecule has 0 atom stereocenters. The van der Waals surface area contributed by atoms with Gasteiger partial charge in [0, 0.05) is 24.1 Å². The van der Waals surface area contributed by atoms with E-state index in [9.17, 15) is 0 Å². The molecule has 2 heteroatoms. The maximum atomic E-state index is 8.85. The van der Waals surface area contributed by atoms with Gasteiger partial charge in [0.2, 0.25) is 0 Å². The Morgan fingerprint density at radius 2 is 2.15 bits per heavy atom. The Labute approximate surface area is 77.0 Å². The predicted octanol–water partition coefficient (Wildman–Crippen LogP) is 2.36. The van der Waals surface area contributed by atoms with Crippen LogP contribution >= 0.6 is 0 Å². The Morgan fingerprint density at radius 1 is 1.38 bits per heavy atom. The number of benzene rings is 1. The summed E-state index contributed by atoms with van der Waals surface area (Å²) in [4.78, 5) is 0. The number of nitrogens with zero attached hydrogens (tertiary/aromatic N) is 2. The third-order valence-corrected chi connectivity index (χ3v) is 2.27. The average Bonchev–Trinajstić information content (AvgIpc) is 2.43. The second-order valence-corrected chi connectivity index (χ2v) is 3.29. The summed E-state index contributed by atoms with van der Waals surface area (Å²) in [5.74, 6) is 0. The van der Waals surface area contributed by atoms with Gasteiger partial charge in [0.05, 0.1) is 5.56 Å². The molecule has 2 aromatic rings. The zero-order valence-electron chi connectivity index (χ0n) is 7.70. The van der Waals surface area contributed by atoms with Gasteiger partial charge in [-0.1, -0.05) is 12.1 Å². The molecule has 0 spiro atoms. The van der Waals surface area contributed by atoms with Gasteiger partial charge in [0.15, 0.2) is 0 Å². The number of rotatable bonds is 0. The molecule has 0 fully saturated rings. The van der Waals surface area contributed by atoms with E-state index in [1.165, 1.54) is 5.56 Å². The maximum Gasteiger partial charge on any atom is 0.101 e. The topological polar surface area (TPSA) is 28.7 Å². The summed E-state index contributed by atoms with van der Waals surface area (Å²) in [6.45, 7) is 2.05. The lowest BCUT2D eigenvalue weighted by Gasteiger charge is -1.96. The van der Waals surface area contributed by atoms with Crippen LogP contribution in [0.3, 0.4) is 0 Å². The number of aryl methyl sites for hydroxylation is 2. The van der Waals surface area contributed by atoms with Crippen molar-refractivity contribution >= 4 is 10.9 Å². The third kappa shape index (κ3) is 1.09. The van der Waals surface area contributed by atoms with Crippen LogP contribution in [0.2, 0.25) is 0 Å². The second kappa shape index (κ2) is 2.63. The Hall–Kier alpha value is -1.75. The van der Waals surface area contributed by atoms with Gasteiger partial charge in [-0.15, -0.1) is 0 Å². The van der Waals surface area contributed by atoms with Crippen LogP contribution < -0.4 is 0 Å². The highest BCUT2D eigenvalue weighted by atomic mass is 14.9. The maximum absolute atomic E-state index is 8.85. The van der Waals surface area contributed by atoms with E-state index in [4.69, 9.17) is 5.26 Å². The average molecular weight is 170 g/mol. The highest BCUT2D eigenvalue weighted by molar-refractivity contribution is 5.86. The zero-order valence-corrected chi connectivity index (χ0v) is 7.70. The first kappa shape index (κ1) is 7.88. The lowest BCUT2D eigenvalue weighted by atomic mass is 10.1. The Bertz CT molecular complexity index is 501.